The molecule has 0 aliphatic carbocycles. The number of hydrogen-bond donors (Lipinski definition) is 3. The molecule has 2 saturated heterocycles. The zero-order valence-electron chi connectivity index (χ0n) is 17.2. The van der Waals surface area contributed by atoms with E-state index in [1.807, 2.05) is 4.90 Å². The third-order valence-electron chi connectivity index (χ3n) is 5.45. The zero-order chi connectivity index (χ0) is 22.5. The lowest BCUT2D eigenvalue weighted by atomic mass is 10.1. The summed E-state index contributed by atoms with van der Waals surface area (Å²) in [4.78, 5) is 20.7. The van der Waals surface area contributed by atoms with Gasteiger partial charge in [0, 0.05) is 50.8 Å². The van der Waals surface area contributed by atoms with Crippen molar-refractivity contribution in [1.29, 1.82) is 10.5 Å². The van der Waals surface area contributed by atoms with E-state index in [-0.39, 0.29) is 23.9 Å². The van der Waals surface area contributed by atoms with Crippen LogP contribution in [0.25, 0.3) is 11.5 Å². The average Bonchev–Trinajstić information content (AvgIpc) is 3.40. The second-order valence-corrected chi connectivity index (χ2v) is 7.54. The number of nitrogens with one attached hydrogen (secondary N) is 2. The Bertz CT molecular complexity index is 1090. The lowest BCUT2D eigenvalue weighted by Crippen LogP contribution is -2.38. The third kappa shape index (κ3) is 4.25. The molecule has 0 saturated carbocycles. The number of pyridine rings is 1. The van der Waals surface area contributed by atoms with E-state index >= 15 is 0 Å². The van der Waals surface area contributed by atoms with Crippen LogP contribution in [0.4, 0.5) is 5.82 Å². The van der Waals surface area contributed by atoms with Crippen molar-refractivity contribution in [3.8, 4) is 23.7 Å². The topological polar surface area (TPSA) is 173 Å². The number of nitrogens with zero attached hydrogens (tertiary/aromatic N) is 7. The molecule has 2 aliphatic rings. The Morgan fingerprint density at radius 2 is 2.22 bits per heavy atom. The molecule has 2 aliphatic heterocycles. The molecular weight excluding hydrogens is 412 g/mol. The van der Waals surface area contributed by atoms with Gasteiger partial charge in [0.25, 0.3) is 5.89 Å². The maximum absolute atomic E-state index is 12.7. The zero-order valence-corrected chi connectivity index (χ0v) is 17.2. The molecule has 4 heterocycles. The summed E-state index contributed by atoms with van der Waals surface area (Å²) in [6, 6.07) is 3.37. The van der Waals surface area contributed by atoms with Crippen molar-refractivity contribution in [3.63, 3.8) is 0 Å². The second kappa shape index (κ2) is 9.22. The van der Waals surface area contributed by atoms with E-state index in [9.17, 15) is 15.3 Å². The molecule has 12 heteroatoms. The first-order valence-electron chi connectivity index (χ1n) is 10.2. The van der Waals surface area contributed by atoms with Crippen LogP contribution in [-0.2, 0) is 0 Å². The van der Waals surface area contributed by atoms with Crippen molar-refractivity contribution < 1.29 is 9.21 Å². The van der Waals surface area contributed by atoms with E-state index in [0.717, 1.165) is 19.5 Å². The normalized spacial score (nSPS) is 19.9. The summed E-state index contributed by atoms with van der Waals surface area (Å²) in [7, 11) is 0. The summed E-state index contributed by atoms with van der Waals surface area (Å²) in [5.41, 5.74) is 6.19. The van der Waals surface area contributed by atoms with Gasteiger partial charge in [-0.25, -0.2) is 4.98 Å². The van der Waals surface area contributed by atoms with Gasteiger partial charge in [-0.2, -0.15) is 10.5 Å². The minimum Gasteiger partial charge on any atom is -0.412 e. The van der Waals surface area contributed by atoms with E-state index in [2.05, 4.69) is 38.1 Å². The maximum Gasteiger partial charge on any atom is 0.309 e. The van der Waals surface area contributed by atoms with Crippen LogP contribution in [0.3, 0.4) is 0 Å². The van der Waals surface area contributed by atoms with Crippen LogP contribution < -0.4 is 21.3 Å². The van der Waals surface area contributed by atoms with Gasteiger partial charge in [0.05, 0.1) is 17.2 Å². The number of carbonyl (C=O) groups excluding carboxylic acids is 1. The van der Waals surface area contributed by atoms with E-state index < -0.39 is 5.91 Å². The van der Waals surface area contributed by atoms with Gasteiger partial charge in [-0.3, -0.25) is 4.79 Å². The molecule has 0 bridgehead atoms. The van der Waals surface area contributed by atoms with Crippen molar-refractivity contribution in [3.05, 3.63) is 36.1 Å². The molecule has 1 unspecified atom stereocenters. The van der Waals surface area contributed by atoms with Crippen LogP contribution >= 0.6 is 0 Å². The van der Waals surface area contributed by atoms with Gasteiger partial charge >= 0.3 is 11.8 Å². The van der Waals surface area contributed by atoms with Crippen molar-refractivity contribution in [1.82, 2.24) is 30.7 Å². The van der Waals surface area contributed by atoms with Crippen molar-refractivity contribution in [2.75, 3.05) is 31.1 Å². The maximum atomic E-state index is 12.7. The van der Waals surface area contributed by atoms with Gasteiger partial charge in [0.1, 0.15) is 11.9 Å². The van der Waals surface area contributed by atoms with Crippen LogP contribution in [0.5, 0.6) is 0 Å². The van der Waals surface area contributed by atoms with Gasteiger partial charge in [0.15, 0.2) is 6.19 Å². The van der Waals surface area contributed by atoms with Gasteiger partial charge in [0.2, 0.25) is 0 Å². The molecule has 2 aromatic heterocycles. The number of nitriles is 2. The molecule has 32 heavy (non-hydrogen) atoms. The fraction of sp³-hybridized carbons (Fsp3) is 0.400. The Morgan fingerprint density at radius 3 is 2.91 bits per heavy atom. The van der Waals surface area contributed by atoms with Crippen LogP contribution in [-0.4, -0.2) is 64.3 Å². The Labute approximate surface area is 184 Å². The summed E-state index contributed by atoms with van der Waals surface area (Å²) in [5, 5.41) is 32.3. The smallest absolute Gasteiger partial charge is 0.309 e. The average molecular weight is 434 g/mol. The summed E-state index contributed by atoms with van der Waals surface area (Å²) in [6.07, 6.45) is 8.26. The number of nitrogens with two attached hydrogens (primary N) is 1. The SMILES string of the molecule is N#Cc1cnc(N2CCC2)c(-c2nnc(C(=O)NC3C[C@@H](CN/C=C\N)N(C#N)C3)o2)c1. The first-order chi connectivity index (χ1) is 15.6. The monoisotopic (exact) mass is 434 g/mol. The van der Waals surface area contributed by atoms with E-state index in [1.54, 1.807) is 17.2 Å². The fourth-order valence-electron chi connectivity index (χ4n) is 3.74. The molecule has 4 N–H and O–H groups in total. The molecule has 0 aromatic carbocycles. The van der Waals surface area contributed by atoms with Crippen LogP contribution in [0, 0.1) is 22.8 Å². The van der Waals surface area contributed by atoms with Crippen LogP contribution in [0.2, 0.25) is 0 Å². The number of rotatable bonds is 7. The first kappa shape index (κ1) is 20.9. The predicted octanol–water partition coefficient (Wildman–Crippen LogP) is -0.113. The number of anilines is 1. The van der Waals surface area contributed by atoms with Crippen LogP contribution in [0.15, 0.2) is 29.1 Å². The molecule has 0 spiro atoms. The molecule has 2 fully saturated rings. The number of likely N-dealkylation sites (tertiary alicyclic amines) is 1. The van der Waals surface area contributed by atoms with Gasteiger partial charge in [-0.15, -0.1) is 10.2 Å². The molecule has 2 atom stereocenters. The summed E-state index contributed by atoms with van der Waals surface area (Å²) in [5.74, 6) is 0.0700. The highest BCUT2D eigenvalue weighted by Gasteiger charge is 2.33. The Balaban J connectivity index is 1.46. The fourth-order valence-corrected chi connectivity index (χ4v) is 3.74. The highest BCUT2D eigenvalue weighted by Crippen LogP contribution is 2.31. The van der Waals surface area contributed by atoms with Crippen molar-refractivity contribution in [2.24, 2.45) is 5.73 Å². The number of carbonyl (C=O) groups is 1. The minimum atomic E-state index is -0.517. The van der Waals surface area contributed by atoms with Crippen LogP contribution in [0.1, 0.15) is 29.1 Å². The molecule has 4 rings (SSSR count). The number of aromatic nitrogens is 3. The molecular formula is C20H22N10O2. The highest BCUT2D eigenvalue weighted by atomic mass is 16.4. The lowest BCUT2D eigenvalue weighted by molar-refractivity contribution is 0.0904. The largest absolute Gasteiger partial charge is 0.412 e. The summed E-state index contributed by atoms with van der Waals surface area (Å²) < 4.78 is 5.64. The van der Waals surface area contributed by atoms with Crippen molar-refractivity contribution >= 4 is 11.7 Å². The Kier molecular flexibility index (Phi) is 6.03. The summed E-state index contributed by atoms with van der Waals surface area (Å²) >= 11 is 0. The first-order valence-corrected chi connectivity index (χ1v) is 10.2. The predicted molar refractivity (Wildman–Crippen MR) is 112 cm³/mol. The minimum absolute atomic E-state index is 0.0707. The molecule has 1 amide bonds. The number of amides is 1. The Hall–Kier alpha value is -4.32. The standard InChI is InChI=1S/C20H22N10O2/c21-2-3-24-10-15-7-14(11-30(15)12-23)26-18(31)20-28-27-19(32-20)16-6-13(8-22)9-25-17(16)29-4-1-5-29/h2-3,6,9,14-15,24H,1,4-5,7,10-11,21H2,(H,26,31)/b3-2-/t14?,15-/m0/s1. The van der Waals surface area contributed by atoms with Gasteiger partial charge in [-0.1, -0.05) is 0 Å². The highest BCUT2D eigenvalue weighted by molar-refractivity contribution is 5.90. The van der Waals surface area contributed by atoms with Gasteiger partial charge < -0.3 is 30.6 Å². The third-order valence-corrected chi connectivity index (χ3v) is 5.45. The Morgan fingerprint density at radius 1 is 1.38 bits per heavy atom. The van der Waals surface area contributed by atoms with Crippen molar-refractivity contribution in [2.45, 2.75) is 24.9 Å². The molecule has 164 valence electrons. The molecule has 12 nitrogen and oxygen atoms in total. The second-order valence-electron chi connectivity index (χ2n) is 7.54. The quantitative estimate of drug-likeness (QED) is 0.496. The molecule has 0 radical (unpaired) electrons. The lowest BCUT2D eigenvalue weighted by Gasteiger charge is -2.32. The molecule has 2 aromatic rings. The summed E-state index contributed by atoms with van der Waals surface area (Å²) in [6.45, 7) is 2.61. The van der Waals surface area contributed by atoms with E-state index in [4.69, 9.17) is 10.2 Å². The number of hydrogen-bond acceptors (Lipinski definition) is 11. The van der Waals surface area contributed by atoms with Gasteiger partial charge in [-0.05, 0) is 18.9 Å². The van der Waals surface area contributed by atoms with E-state index in [1.165, 1.54) is 12.4 Å². The van der Waals surface area contributed by atoms with E-state index in [0.29, 0.717) is 36.5 Å².